The number of rotatable bonds is 3. The van der Waals surface area contributed by atoms with Gasteiger partial charge in [0.2, 0.25) is 0 Å². The van der Waals surface area contributed by atoms with Crippen molar-refractivity contribution >= 4 is 23.2 Å². The Bertz CT molecular complexity index is 493. The zero-order chi connectivity index (χ0) is 14.9. The molecule has 0 aromatic heterocycles. The third-order valence-electron chi connectivity index (χ3n) is 3.69. The average molecular weight is 320 g/mol. The summed E-state index contributed by atoms with van der Waals surface area (Å²) in [7, 11) is 0. The van der Waals surface area contributed by atoms with E-state index >= 15 is 0 Å². The first kappa shape index (κ1) is 16.0. The monoisotopic (exact) mass is 319 g/mol. The Kier molecular flexibility index (Phi) is 4.96. The highest BCUT2D eigenvalue weighted by Gasteiger charge is 2.29. The highest BCUT2D eigenvalue weighted by Crippen LogP contribution is 2.31. The molecular weight excluding hydrogens is 300 g/mol. The first-order chi connectivity index (χ1) is 9.28. The van der Waals surface area contributed by atoms with Crippen LogP contribution in [0.15, 0.2) is 12.1 Å². The quantitative estimate of drug-likeness (QED) is 0.812. The molecule has 1 heterocycles. The summed E-state index contributed by atoms with van der Waals surface area (Å²) in [6.45, 7) is 6.89. The first-order valence-corrected chi connectivity index (χ1v) is 7.58. The molecule has 20 heavy (non-hydrogen) atoms. The normalized spacial score (nSPS) is 23.6. The van der Waals surface area contributed by atoms with E-state index < -0.39 is 5.82 Å². The van der Waals surface area contributed by atoms with Gasteiger partial charge in [-0.05, 0) is 51.3 Å². The molecule has 0 bridgehead atoms. The topological polar surface area (TPSA) is 21.3 Å². The van der Waals surface area contributed by atoms with Crippen LogP contribution in [0.5, 0.6) is 0 Å². The predicted molar refractivity (Wildman–Crippen MR) is 81.0 cm³/mol. The van der Waals surface area contributed by atoms with E-state index in [2.05, 4.69) is 19.2 Å². The zero-order valence-electron chi connectivity index (χ0n) is 12.0. The van der Waals surface area contributed by atoms with Crippen LogP contribution in [0.2, 0.25) is 10.0 Å². The largest absolute Gasteiger partial charge is 0.375 e. The number of hydrogen-bond acceptors (Lipinski definition) is 2. The minimum atomic E-state index is -0.438. The number of benzene rings is 1. The van der Waals surface area contributed by atoms with Gasteiger partial charge in [0.15, 0.2) is 0 Å². The lowest BCUT2D eigenvalue weighted by Gasteiger charge is -2.37. The van der Waals surface area contributed by atoms with Crippen molar-refractivity contribution in [3.05, 3.63) is 33.6 Å². The van der Waals surface area contributed by atoms with Crippen molar-refractivity contribution in [3.63, 3.8) is 0 Å². The van der Waals surface area contributed by atoms with Gasteiger partial charge in [0.1, 0.15) is 5.82 Å². The Morgan fingerprint density at radius 3 is 2.70 bits per heavy atom. The fraction of sp³-hybridized carbons (Fsp3) is 0.600. The lowest BCUT2D eigenvalue weighted by atomic mass is 9.93. The third kappa shape index (κ3) is 3.85. The summed E-state index contributed by atoms with van der Waals surface area (Å²) in [6.07, 6.45) is 1.87. The van der Waals surface area contributed by atoms with E-state index in [1.165, 1.54) is 12.1 Å². The fourth-order valence-corrected chi connectivity index (χ4v) is 3.23. The minimum absolute atomic E-state index is 0.0341. The summed E-state index contributed by atoms with van der Waals surface area (Å²) in [5.74, 6) is -0.438. The van der Waals surface area contributed by atoms with Crippen LogP contribution >= 0.6 is 23.2 Å². The van der Waals surface area contributed by atoms with E-state index in [-0.39, 0.29) is 16.7 Å². The molecule has 2 unspecified atom stereocenters. The smallest absolute Gasteiger partial charge is 0.142 e. The summed E-state index contributed by atoms with van der Waals surface area (Å²) in [5, 5.41) is 4.05. The molecule has 1 aliphatic rings. The molecule has 1 aromatic carbocycles. The predicted octanol–water partition coefficient (Wildman–Crippen LogP) is 4.74. The van der Waals surface area contributed by atoms with E-state index in [1.807, 2.05) is 6.92 Å². The Balaban J connectivity index is 2.08. The van der Waals surface area contributed by atoms with Gasteiger partial charge in [0.25, 0.3) is 0 Å². The van der Waals surface area contributed by atoms with Crippen LogP contribution in [0, 0.1) is 5.82 Å². The van der Waals surface area contributed by atoms with Gasteiger partial charge in [-0.3, -0.25) is 0 Å². The lowest BCUT2D eigenvalue weighted by Crippen LogP contribution is -2.44. The van der Waals surface area contributed by atoms with Crippen molar-refractivity contribution in [2.75, 3.05) is 6.61 Å². The summed E-state index contributed by atoms with van der Waals surface area (Å²) < 4.78 is 19.3. The van der Waals surface area contributed by atoms with E-state index in [9.17, 15) is 4.39 Å². The summed E-state index contributed by atoms with van der Waals surface area (Å²) in [4.78, 5) is 0. The van der Waals surface area contributed by atoms with Crippen LogP contribution in [0.25, 0.3) is 0 Å². The van der Waals surface area contributed by atoms with Crippen molar-refractivity contribution in [2.45, 2.75) is 51.3 Å². The van der Waals surface area contributed by atoms with Crippen molar-refractivity contribution in [2.24, 2.45) is 0 Å². The minimum Gasteiger partial charge on any atom is -0.375 e. The number of halogens is 3. The zero-order valence-corrected chi connectivity index (χ0v) is 13.5. The highest BCUT2D eigenvalue weighted by atomic mass is 35.5. The van der Waals surface area contributed by atoms with E-state index in [0.717, 1.165) is 25.0 Å². The van der Waals surface area contributed by atoms with E-state index in [4.69, 9.17) is 27.9 Å². The van der Waals surface area contributed by atoms with Gasteiger partial charge < -0.3 is 10.1 Å². The summed E-state index contributed by atoms with van der Waals surface area (Å²) >= 11 is 11.9. The molecule has 2 atom stereocenters. The summed E-state index contributed by atoms with van der Waals surface area (Å²) in [5.41, 5.74) is 0.614. The number of ether oxygens (including phenoxy) is 1. The second-order valence-electron chi connectivity index (χ2n) is 5.97. The molecule has 1 aliphatic heterocycles. The van der Waals surface area contributed by atoms with Gasteiger partial charge in [-0.2, -0.15) is 0 Å². The highest BCUT2D eigenvalue weighted by molar-refractivity contribution is 6.35. The van der Waals surface area contributed by atoms with Crippen molar-refractivity contribution in [1.29, 1.82) is 0 Å². The molecule has 0 amide bonds. The van der Waals surface area contributed by atoms with Gasteiger partial charge in [-0.1, -0.05) is 23.2 Å². The average Bonchev–Trinajstić information content (AvgIpc) is 2.32. The van der Waals surface area contributed by atoms with E-state index in [0.29, 0.717) is 11.1 Å². The molecule has 0 saturated carbocycles. The molecule has 0 aliphatic carbocycles. The molecule has 1 aromatic rings. The maximum absolute atomic E-state index is 13.6. The second-order valence-corrected chi connectivity index (χ2v) is 6.79. The van der Waals surface area contributed by atoms with Gasteiger partial charge in [0.05, 0.1) is 10.6 Å². The van der Waals surface area contributed by atoms with Gasteiger partial charge >= 0.3 is 0 Å². The van der Waals surface area contributed by atoms with Crippen molar-refractivity contribution < 1.29 is 9.13 Å². The van der Waals surface area contributed by atoms with Crippen molar-refractivity contribution in [1.82, 2.24) is 5.32 Å². The second kappa shape index (κ2) is 6.18. The molecular formula is C15H20Cl2FNO. The SMILES string of the molecule is CC(NC1CCOC(C)(C)C1)c1cc(F)c(Cl)cc1Cl. The Morgan fingerprint density at radius 1 is 1.35 bits per heavy atom. The number of hydrogen-bond donors (Lipinski definition) is 1. The third-order valence-corrected chi connectivity index (χ3v) is 4.31. The summed E-state index contributed by atoms with van der Waals surface area (Å²) in [6, 6.07) is 3.17. The van der Waals surface area contributed by atoms with Crippen LogP contribution in [0.1, 0.15) is 45.2 Å². The van der Waals surface area contributed by atoms with Gasteiger partial charge in [0, 0.05) is 23.7 Å². The molecule has 2 nitrogen and oxygen atoms in total. The first-order valence-electron chi connectivity index (χ1n) is 6.83. The van der Waals surface area contributed by atoms with Crippen LogP contribution in [-0.2, 0) is 4.74 Å². The van der Waals surface area contributed by atoms with Crippen LogP contribution in [-0.4, -0.2) is 18.2 Å². The molecule has 5 heteroatoms. The number of nitrogens with one attached hydrogen (secondary N) is 1. The lowest BCUT2D eigenvalue weighted by molar-refractivity contribution is -0.0640. The van der Waals surface area contributed by atoms with Crippen molar-refractivity contribution in [3.8, 4) is 0 Å². The molecule has 112 valence electrons. The van der Waals surface area contributed by atoms with Crippen LogP contribution in [0.4, 0.5) is 4.39 Å². The van der Waals surface area contributed by atoms with Crippen LogP contribution < -0.4 is 5.32 Å². The maximum Gasteiger partial charge on any atom is 0.142 e. The Hall–Kier alpha value is -0.350. The van der Waals surface area contributed by atoms with Gasteiger partial charge in [-0.25, -0.2) is 4.39 Å². The molecule has 0 spiro atoms. The molecule has 1 fully saturated rings. The van der Waals surface area contributed by atoms with Gasteiger partial charge in [-0.15, -0.1) is 0 Å². The Morgan fingerprint density at radius 2 is 2.05 bits per heavy atom. The maximum atomic E-state index is 13.6. The fourth-order valence-electron chi connectivity index (χ4n) is 2.69. The molecule has 2 rings (SSSR count). The molecule has 0 radical (unpaired) electrons. The standard InChI is InChI=1S/C15H20Cl2FNO/c1-9(11-6-14(18)13(17)7-12(11)16)19-10-4-5-20-15(2,3)8-10/h6-7,9-10,19H,4-5,8H2,1-3H3. The Labute approximate surface area is 129 Å². The molecule has 1 saturated heterocycles. The van der Waals surface area contributed by atoms with Crippen LogP contribution in [0.3, 0.4) is 0 Å². The van der Waals surface area contributed by atoms with E-state index in [1.54, 1.807) is 0 Å². The molecule has 1 N–H and O–H groups in total.